The van der Waals surface area contributed by atoms with Gasteiger partial charge in [-0.15, -0.1) is 0 Å². The maximum absolute atomic E-state index is 8.25. The van der Waals surface area contributed by atoms with E-state index in [0.717, 1.165) is 18.8 Å². The van der Waals surface area contributed by atoms with Crippen LogP contribution >= 0.6 is 0 Å². The van der Waals surface area contributed by atoms with Gasteiger partial charge in [0.15, 0.2) is 0 Å². The molecule has 1 aromatic carbocycles. The fourth-order valence-corrected chi connectivity index (χ4v) is 1.40. The molecule has 0 atom stereocenters. The first-order chi connectivity index (χ1) is 9.24. The van der Waals surface area contributed by atoms with Gasteiger partial charge in [0.25, 0.3) is 0 Å². The molecular weight excluding hydrogens is 272 g/mol. The predicted molar refractivity (Wildman–Crippen MR) is 71.4 cm³/mol. The van der Waals surface area contributed by atoms with Gasteiger partial charge in [0.05, 0.1) is 23.3 Å². The highest BCUT2D eigenvalue weighted by molar-refractivity contribution is 5.38. The van der Waals surface area contributed by atoms with E-state index >= 15 is 0 Å². The van der Waals surface area contributed by atoms with Gasteiger partial charge >= 0.3 is 0 Å². The molecule has 0 saturated carbocycles. The van der Waals surface area contributed by atoms with Gasteiger partial charge < -0.3 is 41.3 Å². The second-order valence-corrected chi connectivity index (χ2v) is 3.45. The van der Waals surface area contributed by atoms with E-state index in [2.05, 4.69) is 43.8 Å². The Bertz CT molecular complexity index is 373. The van der Waals surface area contributed by atoms with Crippen molar-refractivity contribution in [2.24, 2.45) is 0 Å². The minimum Gasteiger partial charge on any atom is -0.356 e. The molecule has 0 aliphatic heterocycles. The average molecular weight is 290 g/mol. The van der Waals surface area contributed by atoms with Gasteiger partial charge in [-0.05, 0) is 13.8 Å². The molecule has 1 aromatic rings. The molecule has 114 valence electrons. The lowest BCUT2D eigenvalue weighted by Crippen LogP contribution is -3.06. The van der Waals surface area contributed by atoms with Crippen LogP contribution in [0, 0.1) is 30.6 Å². The van der Waals surface area contributed by atoms with Gasteiger partial charge in [0.2, 0.25) is 0 Å². The van der Waals surface area contributed by atoms with Crippen LogP contribution in [0.15, 0.2) is 24.3 Å². The molecule has 0 fully saturated rings. The number of quaternary nitrogens is 2. The maximum Gasteiger partial charge on any atom is 0.131 e. The lowest BCUT2D eigenvalue weighted by molar-refractivity contribution is -0.828. The molecule has 10 heteroatoms. The lowest BCUT2D eigenvalue weighted by atomic mass is 10.2. The number of hydrogen-bond donors (Lipinski definition) is 2. The molecule has 4 N–H and O–H groups in total. The Morgan fingerprint density at radius 2 is 1.25 bits per heavy atom. The van der Waals surface area contributed by atoms with Crippen LogP contribution in [0.3, 0.4) is 0 Å². The predicted octanol–water partition coefficient (Wildman–Crippen LogP) is -0.362. The highest BCUT2D eigenvalue weighted by Gasteiger charge is 2.05. The first-order valence-corrected chi connectivity index (χ1v) is 5.64. The third-order valence-electron chi connectivity index (χ3n) is 2.22. The highest BCUT2D eigenvalue weighted by Crippen LogP contribution is 2.04. The zero-order valence-corrected chi connectivity index (χ0v) is 11.3. The van der Waals surface area contributed by atoms with Crippen LogP contribution in [0.2, 0.25) is 0 Å². The summed E-state index contributed by atoms with van der Waals surface area (Å²) in [5, 5.41) is 29.5. The van der Waals surface area contributed by atoms with Crippen LogP contribution in [0.4, 0.5) is 11.4 Å². The van der Waals surface area contributed by atoms with E-state index in [1.54, 1.807) is 0 Å². The van der Waals surface area contributed by atoms with Gasteiger partial charge in [-0.25, -0.2) is 0 Å². The molecular formula is C10H18N4O6. The largest absolute Gasteiger partial charge is 0.356 e. The third kappa shape index (κ3) is 13.6. The summed E-state index contributed by atoms with van der Waals surface area (Å²) in [7, 11) is 0. The summed E-state index contributed by atoms with van der Waals surface area (Å²) in [5.41, 5.74) is 6.32. The van der Waals surface area contributed by atoms with Crippen molar-refractivity contribution in [2.45, 2.75) is 13.8 Å². The van der Waals surface area contributed by atoms with E-state index in [1.807, 2.05) is 0 Å². The molecule has 1 rings (SSSR count). The molecule has 10 nitrogen and oxygen atoms in total. The number of rotatable bonds is 3. The Kier molecular flexibility index (Phi) is 11.5. The zero-order valence-electron chi connectivity index (χ0n) is 11.3. The smallest absolute Gasteiger partial charge is 0.131 e. The van der Waals surface area contributed by atoms with Gasteiger partial charge in [-0.1, -0.05) is 0 Å². The fraction of sp³-hybridized carbons (Fsp3) is 0.400. The van der Waals surface area contributed by atoms with Gasteiger partial charge in [-0.2, -0.15) is 0 Å². The topological polar surface area (TPSA) is 164 Å². The molecule has 20 heavy (non-hydrogen) atoms. The Hall–Kier alpha value is -2.46. The van der Waals surface area contributed by atoms with Crippen LogP contribution in [-0.2, 0) is 0 Å². The summed E-state index contributed by atoms with van der Waals surface area (Å²) in [6, 6.07) is 8.46. The molecule has 0 aliphatic carbocycles. The molecule has 0 aliphatic rings. The lowest BCUT2D eigenvalue weighted by Gasteiger charge is -2.13. The van der Waals surface area contributed by atoms with E-state index in [4.69, 9.17) is 30.6 Å². The monoisotopic (exact) mass is 290 g/mol. The summed E-state index contributed by atoms with van der Waals surface area (Å²) < 4.78 is 0. The number of hydrogen-bond acceptors (Lipinski definition) is 6. The number of benzene rings is 1. The van der Waals surface area contributed by atoms with Crippen molar-refractivity contribution in [3.63, 3.8) is 0 Å². The van der Waals surface area contributed by atoms with E-state index < -0.39 is 10.2 Å². The van der Waals surface area contributed by atoms with Gasteiger partial charge in [0.1, 0.15) is 11.4 Å². The minimum atomic E-state index is -1.75. The summed E-state index contributed by atoms with van der Waals surface area (Å²) in [6.07, 6.45) is 0. The van der Waals surface area contributed by atoms with Gasteiger partial charge in [-0.3, -0.25) is 0 Å². The van der Waals surface area contributed by atoms with Crippen molar-refractivity contribution in [3.05, 3.63) is 54.9 Å². The van der Waals surface area contributed by atoms with Crippen molar-refractivity contribution in [3.8, 4) is 0 Å². The molecule has 0 heterocycles. The van der Waals surface area contributed by atoms with E-state index in [9.17, 15) is 0 Å². The van der Waals surface area contributed by atoms with Crippen molar-refractivity contribution in [2.75, 3.05) is 13.1 Å². The van der Waals surface area contributed by atoms with Gasteiger partial charge in [0, 0.05) is 24.3 Å². The first kappa shape index (κ1) is 19.9. The molecule has 0 saturated heterocycles. The normalized spacial score (nSPS) is 8.80. The summed E-state index contributed by atoms with van der Waals surface area (Å²) in [5.74, 6) is 0. The summed E-state index contributed by atoms with van der Waals surface area (Å²) in [4.78, 5) is 18.0. The summed E-state index contributed by atoms with van der Waals surface area (Å²) in [6.45, 7) is 6.70. The average Bonchev–Trinajstić information content (AvgIpc) is 2.31. The van der Waals surface area contributed by atoms with Crippen LogP contribution < -0.4 is 10.6 Å². The van der Waals surface area contributed by atoms with Crippen molar-refractivity contribution in [1.29, 1.82) is 0 Å². The molecule has 0 radical (unpaired) electrons. The molecule has 0 aromatic heterocycles. The Labute approximate surface area is 115 Å². The SMILES string of the molecule is CC[NH+](CC)c1ccc([NH3+])cc1.O=[N+]([O-])[O-].O=[N+]([O-])[O-]. The fourth-order valence-electron chi connectivity index (χ4n) is 1.40. The highest BCUT2D eigenvalue weighted by atomic mass is 16.9. The molecule has 0 spiro atoms. The Morgan fingerprint density at radius 3 is 1.50 bits per heavy atom. The standard InChI is InChI=1S/C10H16N2.2NO3/c1-3-12(4-2)10-7-5-9(11)6-8-10;2*2-1(3)4/h5-8H,3-4,11H2,1-2H3;;/q;2*-1/p+2. The van der Waals surface area contributed by atoms with Crippen LogP contribution in [0.25, 0.3) is 0 Å². The van der Waals surface area contributed by atoms with Crippen LogP contribution in [0.1, 0.15) is 13.8 Å². The van der Waals surface area contributed by atoms with E-state index in [0.29, 0.717) is 0 Å². The van der Waals surface area contributed by atoms with Crippen molar-refractivity contribution >= 4 is 11.4 Å². The molecule has 0 amide bonds. The zero-order chi connectivity index (χ0) is 16.1. The Morgan fingerprint density at radius 1 is 0.950 bits per heavy atom. The molecule has 0 bridgehead atoms. The first-order valence-electron chi connectivity index (χ1n) is 5.64. The second-order valence-electron chi connectivity index (χ2n) is 3.45. The van der Waals surface area contributed by atoms with Crippen LogP contribution in [0.5, 0.6) is 0 Å². The second kappa shape index (κ2) is 11.6. The number of nitrogens with zero attached hydrogens (tertiary/aromatic N) is 2. The third-order valence-corrected chi connectivity index (χ3v) is 2.22. The number of nitrogens with one attached hydrogen (secondary N) is 1. The van der Waals surface area contributed by atoms with E-state index in [1.165, 1.54) is 10.6 Å². The van der Waals surface area contributed by atoms with Crippen molar-refractivity contribution < 1.29 is 20.8 Å². The van der Waals surface area contributed by atoms with E-state index in [-0.39, 0.29) is 0 Å². The quantitative estimate of drug-likeness (QED) is 0.569. The molecule has 0 unspecified atom stereocenters. The maximum atomic E-state index is 8.25. The Balaban J connectivity index is 0. The van der Waals surface area contributed by atoms with Crippen molar-refractivity contribution in [1.82, 2.24) is 0 Å². The minimum absolute atomic E-state index is 1.09. The van der Waals surface area contributed by atoms with Crippen LogP contribution in [-0.4, -0.2) is 23.3 Å². The summed E-state index contributed by atoms with van der Waals surface area (Å²) >= 11 is 0.